The number of aromatic nitrogens is 2. The van der Waals surface area contributed by atoms with Crippen molar-refractivity contribution >= 4 is 5.91 Å². The molecule has 0 fully saturated rings. The fourth-order valence-corrected chi connectivity index (χ4v) is 2.41. The molecule has 0 atom stereocenters. The molecule has 0 aliphatic heterocycles. The first kappa shape index (κ1) is 14.2. The van der Waals surface area contributed by atoms with Gasteiger partial charge in [-0.15, -0.1) is 0 Å². The van der Waals surface area contributed by atoms with E-state index in [9.17, 15) is 4.79 Å². The molecule has 0 aliphatic rings. The molecule has 2 rings (SSSR count). The summed E-state index contributed by atoms with van der Waals surface area (Å²) in [6.45, 7) is 6.92. The average molecular weight is 269 g/mol. The second-order valence-corrected chi connectivity index (χ2v) is 4.97. The third-order valence-corrected chi connectivity index (χ3v) is 3.30. The van der Waals surface area contributed by atoms with Crippen LogP contribution in [0.3, 0.4) is 0 Å². The number of rotatable bonds is 4. The van der Waals surface area contributed by atoms with E-state index >= 15 is 0 Å². The molecular formula is C16H19N3O. The van der Waals surface area contributed by atoms with Crippen molar-refractivity contribution in [3.05, 3.63) is 58.7 Å². The highest BCUT2D eigenvalue weighted by Crippen LogP contribution is 2.16. The first-order chi connectivity index (χ1) is 9.58. The molecule has 2 aromatic rings. The van der Waals surface area contributed by atoms with Crippen LogP contribution >= 0.6 is 0 Å². The zero-order chi connectivity index (χ0) is 14.5. The topological polar surface area (TPSA) is 54.9 Å². The summed E-state index contributed by atoms with van der Waals surface area (Å²) in [5.74, 6) is -0.180. The molecule has 1 aromatic heterocycles. The van der Waals surface area contributed by atoms with Crippen molar-refractivity contribution in [1.29, 1.82) is 0 Å². The van der Waals surface area contributed by atoms with E-state index < -0.39 is 0 Å². The van der Waals surface area contributed by atoms with Crippen molar-refractivity contribution in [2.75, 3.05) is 6.54 Å². The predicted octanol–water partition coefficient (Wildman–Crippen LogP) is 2.37. The van der Waals surface area contributed by atoms with Crippen LogP contribution in [-0.2, 0) is 6.42 Å². The quantitative estimate of drug-likeness (QED) is 0.927. The van der Waals surface area contributed by atoms with Crippen LogP contribution in [0.1, 0.15) is 32.7 Å². The Kier molecular flexibility index (Phi) is 4.45. The van der Waals surface area contributed by atoms with Gasteiger partial charge in [0.1, 0.15) is 5.69 Å². The number of carbonyl (C=O) groups excluding carboxylic acids is 1. The van der Waals surface area contributed by atoms with Crippen molar-refractivity contribution in [3.63, 3.8) is 0 Å². The van der Waals surface area contributed by atoms with Gasteiger partial charge < -0.3 is 5.32 Å². The summed E-state index contributed by atoms with van der Waals surface area (Å²) >= 11 is 0. The fraction of sp³-hybridized carbons (Fsp3) is 0.312. The second kappa shape index (κ2) is 6.28. The Morgan fingerprint density at radius 1 is 1.15 bits per heavy atom. The Labute approximate surface area is 119 Å². The molecule has 4 nitrogen and oxygen atoms in total. The highest BCUT2D eigenvalue weighted by Gasteiger charge is 2.08. The normalized spacial score (nSPS) is 10.3. The summed E-state index contributed by atoms with van der Waals surface area (Å²) < 4.78 is 0. The van der Waals surface area contributed by atoms with Crippen LogP contribution in [0.15, 0.2) is 30.7 Å². The average Bonchev–Trinajstić information content (AvgIpc) is 2.42. The highest BCUT2D eigenvalue weighted by molar-refractivity contribution is 5.91. The summed E-state index contributed by atoms with van der Waals surface area (Å²) in [7, 11) is 0. The molecule has 0 spiro atoms. The van der Waals surface area contributed by atoms with Gasteiger partial charge in [-0.3, -0.25) is 9.78 Å². The van der Waals surface area contributed by atoms with E-state index in [1.165, 1.54) is 34.6 Å². The van der Waals surface area contributed by atoms with Crippen LogP contribution in [0.2, 0.25) is 0 Å². The fourth-order valence-electron chi connectivity index (χ4n) is 2.41. The van der Waals surface area contributed by atoms with Crippen molar-refractivity contribution in [3.8, 4) is 0 Å². The highest BCUT2D eigenvalue weighted by atomic mass is 16.1. The zero-order valence-corrected chi connectivity index (χ0v) is 12.1. The molecule has 0 radical (unpaired) electrons. The largest absolute Gasteiger partial charge is 0.350 e. The molecule has 1 N–H and O–H groups in total. The number of nitrogens with zero attached hydrogens (tertiary/aromatic N) is 2. The maximum absolute atomic E-state index is 11.8. The minimum absolute atomic E-state index is 0.180. The zero-order valence-electron chi connectivity index (χ0n) is 12.1. The van der Waals surface area contributed by atoms with Gasteiger partial charge in [-0.1, -0.05) is 17.7 Å². The number of hydrogen-bond acceptors (Lipinski definition) is 3. The molecule has 1 aromatic carbocycles. The van der Waals surface area contributed by atoms with E-state index in [1.54, 1.807) is 6.20 Å². The van der Waals surface area contributed by atoms with Gasteiger partial charge in [0.05, 0.1) is 6.20 Å². The van der Waals surface area contributed by atoms with E-state index in [0.717, 1.165) is 6.42 Å². The van der Waals surface area contributed by atoms with E-state index in [4.69, 9.17) is 0 Å². The van der Waals surface area contributed by atoms with Gasteiger partial charge in [-0.05, 0) is 43.9 Å². The van der Waals surface area contributed by atoms with Crippen molar-refractivity contribution < 1.29 is 4.79 Å². The van der Waals surface area contributed by atoms with Gasteiger partial charge in [-0.25, -0.2) is 4.98 Å². The summed E-state index contributed by atoms with van der Waals surface area (Å²) in [6.07, 6.45) is 5.36. The predicted molar refractivity (Wildman–Crippen MR) is 78.7 cm³/mol. The number of nitrogens with one attached hydrogen (secondary N) is 1. The van der Waals surface area contributed by atoms with Crippen molar-refractivity contribution in [2.45, 2.75) is 27.2 Å². The molecule has 4 heteroatoms. The number of benzene rings is 1. The Morgan fingerprint density at radius 3 is 2.45 bits per heavy atom. The lowest BCUT2D eigenvalue weighted by Gasteiger charge is -2.11. The van der Waals surface area contributed by atoms with Crippen molar-refractivity contribution in [1.82, 2.24) is 15.3 Å². The van der Waals surface area contributed by atoms with Gasteiger partial charge in [0.2, 0.25) is 0 Å². The molecule has 20 heavy (non-hydrogen) atoms. The van der Waals surface area contributed by atoms with E-state index in [2.05, 4.69) is 48.2 Å². The Balaban J connectivity index is 1.95. The molecule has 0 unspecified atom stereocenters. The standard InChI is InChI=1S/C16H19N3O/c1-11-8-12(2)14(13(3)9-11)4-5-19-16(20)15-10-17-6-7-18-15/h6-10H,4-5H2,1-3H3,(H,19,20). The van der Waals surface area contributed by atoms with Crippen LogP contribution in [0.4, 0.5) is 0 Å². The number of amides is 1. The first-order valence-corrected chi connectivity index (χ1v) is 6.69. The molecule has 1 heterocycles. The van der Waals surface area contributed by atoms with Crippen molar-refractivity contribution in [2.24, 2.45) is 0 Å². The monoisotopic (exact) mass is 269 g/mol. The summed E-state index contributed by atoms with van der Waals surface area (Å²) in [5, 5.41) is 2.88. The SMILES string of the molecule is Cc1cc(C)c(CCNC(=O)c2cnccn2)c(C)c1. The van der Waals surface area contributed by atoms with E-state index in [0.29, 0.717) is 12.2 Å². The van der Waals surface area contributed by atoms with Crippen LogP contribution in [0, 0.1) is 20.8 Å². The van der Waals surface area contributed by atoms with Gasteiger partial charge in [0, 0.05) is 18.9 Å². The van der Waals surface area contributed by atoms with Gasteiger partial charge in [0.15, 0.2) is 0 Å². The lowest BCUT2D eigenvalue weighted by molar-refractivity contribution is 0.0948. The van der Waals surface area contributed by atoms with Gasteiger partial charge in [-0.2, -0.15) is 0 Å². The summed E-state index contributed by atoms with van der Waals surface area (Å²) in [6, 6.07) is 4.35. The molecule has 0 bridgehead atoms. The van der Waals surface area contributed by atoms with E-state index in [1.807, 2.05) is 0 Å². The summed E-state index contributed by atoms with van der Waals surface area (Å²) in [4.78, 5) is 19.7. The minimum Gasteiger partial charge on any atom is -0.350 e. The van der Waals surface area contributed by atoms with Crippen LogP contribution in [0.25, 0.3) is 0 Å². The molecule has 104 valence electrons. The number of carbonyl (C=O) groups is 1. The molecule has 0 saturated carbocycles. The Hall–Kier alpha value is -2.23. The third kappa shape index (κ3) is 3.41. The van der Waals surface area contributed by atoms with Gasteiger partial charge in [0.25, 0.3) is 5.91 Å². The van der Waals surface area contributed by atoms with Crippen LogP contribution in [-0.4, -0.2) is 22.4 Å². The third-order valence-electron chi connectivity index (χ3n) is 3.30. The second-order valence-electron chi connectivity index (χ2n) is 4.97. The first-order valence-electron chi connectivity index (χ1n) is 6.69. The van der Waals surface area contributed by atoms with E-state index in [-0.39, 0.29) is 5.91 Å². The molecule has 0 saturated heterocycles. The lowest BCUT2D eigenvalue weighted by atomic mass is 9.97. The molecular weight excluding hydrogens is 250 g/mol. The lowest BCUT2D eigenvalue weighted by Crippen LogP contribution is -2.27. The minimum atomic E-state index is -0.180. The Bertz CT molecular complexity index is 585. The Morgan fingerprint density at radius 2 is 1.85 bits per heavy atom. The van der Waals surface area contributed by atoms with Gasteiger partial charge >= 0.3 is 0 Å². The summed E-state index contributed by atoms with van der Waals surface area (Å²) in [5.41, 5.74) is 5.47. The maximum atomic E-state index is 11.8. The maximum Gasteiger partial charge on any atom is 0.271 e. The number of aryl methyl sites for hydroxylation is 3. The molecule has 0 aliphatic carbocycles. The van der Waals surface area contributed by atoms with Crippen LogP contribution in [0.5, 0.6) is 0 Å². The van der Waals surface area contributed by atoms with Crippen LogP contribution < -0.4 is 5.32 Å². The number of hydrogen-bond donors (Lipinski definition) is 1. The smallest absolute Gasteiger partial charge is 0.271 e. The molecule has 1 amide bonds.